The van der Waals surface area contributed by atoms with E-state index >= 15 is 0 Å². The first-order valence-corrected chi connectivity index (χ1v) is 5.47. The molecular formula is C12H13FO5. The first kappa shape index (κ1) is 12.9. The molecule has 0 bridgehead atoms. The zero-order valence-electron chi connectivity index (χ0n) is 9.40. The summed E-state index contributed by atoms with van der Waals surface area (Å²) in [5, 5.41) is 18.2. The minimum Gasteiger partial charge on any atom is -0.459 e. The summed E-state index contributed by atoms with van der Waals surface area (Å²) >= 11 is 0. The lowest BCUT2D eigenvalue weighted by Gasteiger charge is -2.12. The maximum Gasteiger partial charge on any atom is 0.338 e. The summed E-state index contributed by atoms with van der Waals surface area (Å²) in [7, 11) is 0. The van der Waals surface area contributed by atoms with E-state index in [0.717, 1.165) is 0 Å². The van der Waals surface area contributed by atoms with Crippen molar-refractivity contribution in [2.45, 2.75) is 24.7 Å². The van der Waals surface area contributed by atoms with E-state index in [1.165, 1.54) is 0 Å². The van der Waals surface area contributed by atoms with Crippen LogP contribution in [0.5, 0.6) is 0 Å². The van der Waals surface area contributed by atoms with Crippen molar-refractivity contribution in [2.75, 3.05) is 6.61 Å². The van der Waals surface area contributed by atoms with Gasteiger partial charge in [-0.2, -0.15) is 0 Å². The fraction of sp³-hybridized carbons (Fsp3) is 0.417. The van der Waals surface area contributed by atoms with Gasteiger partial charge in [-0.1, -0.05) is 18.2 Å². The molecule has 0 amide bonds. The van der Waals surface area contributed by atoms with Gasteiger partial charge in [0.2, 0.25) is 0 Å². The summed E-state index contributed by atoms with van der Waals surface area (Å²) in [5.41, 5.74) is 0.340. The molecule has 1 fully saturated rings. The Morgan fingerprint density at radius 1 is 1.33 bits per heavy atom. The molecule has 4 atom stereocenters. The zero-order chi connectivity index (χ0) is 13.1. The predicted molar refractivity (Wildman–Crippen MR) is 58.5 cm³/mol. The third-order valence-corrected chi connectivity index (χ3v) is 2.68. The summed E-state index contributed by atoms with van der Waals surface area (Å²) in [4.78, 5) is 11.5. The van der Waals surface area contributed by atoms with Crippen molar-refractivity contribution in [3.8, 4) is 0 Å². The highest BCUT2D eigenvalue weighted by Crippen LogP contribution is 2.22. The summed E-state index contributed by atoms with van der Waals surface area (Å²) < 4.78 is 22.9. The third-order valence-electron chi connectivity index (χ3n) is 2.68. The Bertz CT molecular complexity index is 410. The molecule has 0 radical (unpaired) electrons. The fourth-order valence-corrected chi connectivity index (χ4v) is 1.66. The number of carbonyl (C=O) groups is 1. The highest BCUT2D eigenvalue weighted by atomic mass is 19.1. The lowest BCUT2D eigenvalue weighted by molar-refractivity contribution is -0.133. The number of alkyl halides is 1. The second kappa shape index (κ2) is 5.43. The Hall–Kier alpha value is -1.50. The number of benzene rings is 1. The van der Waals surface area contributed by atoms with E-state index in [0.29, 0.717) is 5.56 Å². The minimum absolute atomic E-state index is 0.340. The number of halogens is 1. The number of carbonyl (C=O) groups excluding carboxylic acids is 1. The van der Waals surface area contributed by atoms with Gasteiger partial charge in [-0.15, -0.1) is 0 Å². The highest BCUT2D eigenvalue weighted by molar-refractivity contribution is 5.89. The van der Waals surface area contributed by atoms with Crippen LogP contribution in [-0.4, -0.2) is 47.5 Å². The zero-order valence-corrected chi connectivity index (χ0v) is 9.40. The second-order valence-electron chi connectivity index (χ2n) is 3.96. The Morgan fingerprint density at radius 3 is 2.56 bits per heavy atom. The smallest absolute Gasteiger partial charge is 0.338 e. The molecule has 0 saturated carbocycles. The van der Waals surface area contributed by atoms with E-state index in [-0.39, 0.29) is 6.61 Å². The molecule has 0 unspecified atom stereocenters. The van der Waals surface area contributed by atoms with Crippen LogP contribution in [0.2, 0.25) is 0 Å². The van der Waals surface area contributed by atoms with Gasteiger partial charge in [-0.05, 0) is 12.1 Å². The van der Waals surface area contributed by atoms with E-state index in [9.17, 15) is 9.18 Å². The van der Waals surface area contributed by atoms with Crippen LogP contribution in [0.1, 0.15) is 10.4 Å². The van der Waals surface area contributed by atoms with E-state index in [1.807, 2.05) is 0 Å². The van der Waals surface area contributed by atoms with E-state index in [2.05, 4.69) is 0 Å². The molecule has 2 N–H and O–H groups in total. The fourth-order valence-electron chi connectivity index (χ4n) is 1.66. The molecule has 1 aromatic rings. The molecule has 0 aromatic heterocycles. The number of hydrogen-bond acceptors (Lipinski definition) is 5. The van der Waals surface area contributed by atoms with Crippen LogP contribution in [0.3, 0.4) is 0 Å². The number of esters is 1. The van der Waals surface area contributed by atoms with E-state index in [1.54, 1.807) is 30.3 Å². The molecule has 1 aliphatic rings. The molecule has 5 nitrogen and oxygen atoms in total. The van der Waals surface area contributed by atoms with Gasteiger partial charge in [0.15, 0.2) is 12.5 Å². The number of hydrogen-bond donors (Lipinski definition) is 2. The molecule has 1 saturated heterocycles. The Balaban J connectivity index is 1.88. The molecule has 0 aliphatic carbocycles. The molecule has 1 aliphatic heterocycles. The first-order valence-electron chi connectivity index (χ1n) is 5.47. The van der Waals surface area contributed by atoms with Crippen LogP contribution in [0.25, 0.3) is 0 Å². The van der Waals surface area contributed by atoms with Gasteiger partial charge >= 0.3 is 5.97 Å². The predicted octanol–water partition coefficient (Wildman–Crippen LogP) is 0.260. The van der Waals surface area contributed by atoms with Gasteiger partial charge in [0, 0.05) is 0 Å². The molecule has 98 valence electrons. The Morgan fingerprint density at radius 2 is 2.00 bits per heavy atom. The normalized spacial score (nSPS) is 31.3. The van der Waals surface area contributed by atoms with Gasteiger partial charge < -0.3 is 19.7 Å². The van der Waals surface area contributed by atoms with Crippen LogP contribution < -0.4 is 0 Å². The number of ether oxygens (including phenoxy) is 2. The van der Waals surface area contributed by atoms with Crippen LogP contribution in [0, 0.1) is 0 Å². The Kier molecular flexibility index (Phi) is 3.90. The molecule has 18 heavy (non-hydrogen) atoms. The van der Waals surface area contributed by atoms with Crippen LogP contribution in [0.15, 0.2) is 30.3 Å². The van der Waals surface area contributed by atoms with Crippen molar-refractivity contribution in [3.63, 3.8) is 0 Å². The standard InChI is InChI=1S/C12H13FO5/c13-9-8(18-12(16)10(9)14)6-17-11(15)7-4-2-1-3-5-7/h1-5,8-10,12,14,16H,6H2/t8-,9+,10-,12-/m1/s1. The van der Waals surface area contributed by atoms with Gasteiger partial charge in [0.05, 0.1) is 5.56 Å². The third kappa shape index (κ3) is 2.66. The minimum atomic E-state index is -1.77. The van der Waals surface area contributed by atoms with Gasteiger partial charge in [-0.3, -0.25) is 0 Å². The SMILES string of the molecule is O=C(OC[C@H]1O[C@@H](O)[C@H](O)[C@H]1F)c1ccccc1. The van der Waals surface area contributed by atoms with Crippen molar-refractivity contribution < 1.29 is 28.9 Å². The van der Waals surface area contributed by atoms with Gasteiger partial charge in [-0.25, -0.2) is 9.18 Å². The van der Waals surface area contributed by atoms with Gasteiger partial charge in [0.1, 0.15) is 18.8 Å². The number of aliphatic hydroxyl groups is 2. The topological polar surface area (TPSA) is 76.0 Å². The van der Waals surface area contributed by atoms with Crippen molar-refractivity contribution in [1.29, 1.82) is 0 Å². The summed E-state index contributed by atoms with van der Waals surface area (Å²) in [5.74, 6) is -0.609. The molecule has 0 spiro atoms. The van der Waals surface area contributed by atoms with Gasteiger partial charge in [0.25, 0.3) is 0 Å². The summed E-state index contributed by atoms with van der Waals surface area (Å²) in [6, 6.07) is 8.23. The summed E-state index contributed by atoms with van der Waals surface area (Å²) in [6.07, 6.45) is -6.11. The second-order valence-corrected chi connectivity index (χ2v) is 3.96. The highest BCUT2D eigenvalue weighted by Gasteiger charge is 2.43. The quantitative estimate of drug-likeness (QED) is 0.759. The lowest BCUT2D eigenvalue weighted by atomic mass is 10.2. The van der Waals surface area contributed by atoms with Crippen LogP contribution in [-0.2, 0) is 9.47 Å². The maximum absolute atomic E-state index is 13.4. The molecular weight excluding hydrogens is 243 g/mol. The summed E-state index contributed by atoms with van der Waals surface area (Å²) in [6.45, 7) is -0.358. The van der Waals surface area contributed by atoms with E-state index < -0.39 is 30.6 Å². The van der Waals surface area contributed by atoms with Crippen molar-refractivity contribution in [2.24, 2.45) is 0 Å². The lowest BCUT2D eigenvalue weighted by Crippen LogP contribution is -2.31. The maximum atomic E-state index is 13.4. The monoisotopic (exact) mass is 256 g/mol. The van der Waals surface area contributed by atoms with Crippen LogP contribution >= 0.6 is 0 Å². The number of aliphatic hydroxyl groups excluding tert-OH is 2. The molecule has 6 heteroatoms. The van der Waals surface area contributed by atoms with Crippen LogP contribution in [0.4, 0.5) is 4.39 Å². The average Bonchev–Trinajstić information content (AvgIpc) is 2.64. The van der Waals surface area contributed by atoms with Crippen molar-refractivity contribution >= 4 is 5.97 Å². The van der Waals surface area contributed by atoms with Crippen molar-refractivity contribution in [1.82, 2.24) is 0 Å². The largest absolute Gasteiger partial charge is 0.459 e. The first-order chi connectivity index (χ1) is 8.59. The average molecular weight is 256 g/mol. The number of rotatable bonds is 3. The Labute approximate surface area is 103 Å². The molecule has 1 heterocycles. The molecule has 2 rings (SSSR count). The van der Waals surface area contributed by atoms with Crippen molar-refractivity contribution in [3.05, 3.63) is 35.9 Å². The molecule has 1 aromatic carbocycles. The van der Waals surface area contributed by atoms with E-state index in [4.69, 9.17) is 19.7 Å².